The Hall–Kier alpha value is -2.71. The molecule has 0 saturated carbocycles. The van der Waals surface area contributed by atoms with E-state index in [1.54, 1.807) is 6.33 Å². The molecule has 180 valence electrons. The van der Waals surface area contributed by atoms with Gasteiger partial charge in [0.1, 0.15) is 6.04 Å². The van der Waals surface area contributed by atoms with Crippen LogP contribution in [-0.2, 0) is 16.1 Å². The minimum Gasteiger partial charge on any atom is -0.391 e. The second kappa shape index (κ2) is 10.1. The first-order valence-electron chi connectivity index (χ1n) is 11.6. The number of aryl methyl sites for hydroxylation is 1. The van der Waals surface area contributed by atoms with Crippen LogP contribution < -0.4 is 10.6 Å². The van der Waals surface area contributed by atoms with Crippen molar-refractivity contribution in [1.29, 1.82) is 0 Å². The summed E-state index contributed by atoms with van der Waals surface area (Å²) in [6.45, 7) is 12.5. The Morgan fingerprint density at radius 2 is 1.91 bits per heavy atom. The molecule has 1 aliphatic heterocycles. The summed E-state index contributed by atoms with van der Waals surface area (Å²) in [6.07, 6.45) is 1.21. The molecule has 3 atom stereocenters. The molecular formula is C25H37N5O3. The van der Waals surface area contributed by atoms with Crippen LogP contribution in [0, 0.1) is 12.3 Å². The molecule has 0 radical (unpaired) electrons. The average molecular weight is 456 g/mol. The van der Waals surface area contributed by atoms with E-state index < -0.39 is 18.2 Å². The minimum absolute atomic E-state index is 0.117. The number of aromatic amines is 1. The molecule has 3 rings (SSSR count). The van der Waals surface area contributed by atoms with Crippen molar-refractivity contribution in [3.63, 3.8) is 0 Å². The number of nitrogens with zero attached hydrogens (tertiary/aromatic N) is 2. The number of aliphatic hydroxyl groups is 1. The fourth-order valence-electron chi connectivity index (χ4n) is 4.25. The number of aliphatic hydroxyl groups excluding tert-OH is 1. The van der Waals surface area contributed by atoms with Crippen LogP contribution in [0.3, 0.4) is 0 Å². The number of hydrogen-bond acceptors (Lipinski definition) is 5. The molecule has 1 aromatic carbocycles. The Morgan fingerprint density at radius 3 is 2.45 bits per heavy atom. The number of aromatic nitrogens is 2. The van der Waals surface area contributed by atoms with Crippen LogP contribution in [0.1, 0.15) is 52.3 Å². The highest BCUT2D eigenvalue weighted by Crippen LogP contribution is 2.26. The Morgan fingerprint density at radius 1 is 1.24 bits per heavy atom. The quantitative estimate of drug-likeness (QED) is 0.512. The fraction of sp³-hybridized carbons (Fsp3) is 0.560. The molecule has 0 bridgehead atoms. The van der Waals surface area contributed by atoms with Crippen molar-refractivity contribution in [2.75, 3.05) is 6.54 Å². The van der Waals surface area contributed by atoms with Gasteiger partial charge in [0.25, 0.3) is 0 Å². The molecule has 4 N–H and O–H groups in total. The van der Waals surface area contributed by atoms with Crippen molar-refractivity contribution >= 4 is 11.8 Å². The number of H-pyrrole nitrogens is 1. The molecule has 2 amide bonds. The van der Waals surface area contributed by atoms with E-state index in [9.17, 15) is 14.7 Å². The number of benzene rings is 1. The van der Waals surface area contributed by atoms with Gasteiger partial charge in [-0.25, -0.2) is 4.98 Å². The van der Waals surface area contributed by atoms with Gasteiger partial charge in [0.15, 0.2) is 0 Å². The lowest BCUT2D eigenvalue weighted by molar-refractivity contribution is -0.142. The second-order valence-electron chi connectivity index (χ2n) is 10.3. The zero-order valence-corrected chi connectivity index (χ0v) is 20.5. The number of hydrogen-bond donors (Lipinski definition) is 4. The third kappa shape index (κ3) is 6.00. The summed E-state index contributed by atoms with van der Waals surface area (Å²) in [5.41, 5.74) is 3.56. The first-order chi connectivity index (χ1) is 15.5. The third-order valence-electron chi connectivity index (χ3n) is 6.02. The van der Waals surface area contributed by atoms with Crippen molar-refractivity contribution in [2.45, 2.75) is 78.7 Å². The van der Waals surface area contributed by atoms with E-state index in [4.69, 9.17) is 0 Å². The van der Waals surface area contributed by atoms with Gasteiger partial charge in [-0.3, -0.25) is 9.59 Å². The number of amides is 2. The smallest absolute Gasteiger partial charge is 0.243 e. The van der Waals surface area contributed by atoms with Gasteiger partial charge in [-0.15, -0.1) is 0 Å². The van der Waals surface area contributed by atoms with E-state index in [0.29, 0.717) is 6.54 Å². The van der Waals surface area contributed by atoms with E-state index in [-0.39, 0.29) is 36.2 Å². The summed E-state index contributed by atoms with van der Waals surface area (Å²) >= 11 is 0. The molecule has 1 saturated heterocycles. The maximum absolute atomic E-state index is 13.4. The van der Waals surface area contributed by atoms with E-state index in [0.717, 1.165) is 22.5 Å². The van der Waals surface area contributed by atoms with Crippen LogP contribution in [0.25, 0.3) is 11.3 Å². The molecule has 2 heterocycles. The summed E-state index contributed by atoms with van der Waals surface area (Å²) < 4.78 is 0. The number of carbonyl (C=O) groups is 2. The van der Waals surface area contributed by atoms with Crippen molar-refractivity contribution < 1.29 is 14.7 Å². The van der Waals surface area contributed by atoms with Gasteiger partial charge in [-0.05, 0) is 23.5 Å². The van der Waals surface area contributed by atoms with Crippen LogP contribution in [0.15, 0.2) is 30.6 Å². The standard InChI is InChI=1S/C25H37N5O3/c1-15(2)29-22(25(4,5)6)24(33)30-13-19(31)11-20(30)23(32)26-12-17-7-9-18(10-8-17)21-16(3)27-14-28-21/h7-10,14-15,19-20,22,29,31H,11-13H2,1-6H3,(H,26,32)(H,27,28)/t19-,20+,22-/m1/s1. The van der Waals surface area contributed by atoms with Crippen LogP contribution >= 0.6 is 0 Å². The highest BCUT2D eigenvalue weighted by atomic mass is 16.3. The maximum atomic E-state index is 13.4. The van der Waals surface area contributed by atoms with Gasteiger partial charge in [0.2, 0.25) is 11.8 Å². The van der Waals surface area contributed by atoms with Crippen LogP contribution in [0.2, 0.25) is 0 Å². The number of rotatable bonds is 7. The van der Waals surface area contributed by atoms with Gasteiger partial charge in [0, 0.05) is 25.6 Å². The van der Waals surface area contributed by atoms with E-state index in [2.05, 4.69) is 20.6 Å². The largest absolute Gasteiger partial charge is 0.391 e. The number of likely N-dealkylation sites (tertiary alicyclic amines) is 1. The van der Waals surface area contributed by atoms with Gasteiger partial charge >= 0.3 is 0 Å². The fourth-order valence-corrected chi connectivity index (χ4v) is 4.25. The first-order valence-corrected chi connectivity index (χ1v) is 11.6. The summed E-state index contributed by atoms with van der Waals surface area (Å²) in [6, 6.07) is 6.89. The molecular weight excluding hydrogens is 418 g/mol. The topological polar surface area (TPSA) is 110 Å². The monoisotopic (exact) mass is 455 g/mol. The Bertz CT molecular complexity index is 961. The number of β-amino-alcohol motifs (C(OH)–C–C–N with tert-alkyl or cyclic N) is 1. The Kier molecular flexibility index (Phi) is 7.59. The van der Waals surface area contributed by atoms with Crippen molar-refractivity contribution in [2.24, 2.45) is 5.41 Å². The van der Waals surface area contributed by atoms with Crippen molar-refractivity contribution in [1.82, 2.24) is 25.5 Å². The van der Waals surface area contributed by atoms with E-state index >= 15 is 0 Å². The van der Waals surface area contributed by atoms with Gasteiger partial charge in [-0.2, -0.15) is 0 Å². The lowest BCUT2D eigenvalue weighted by Gasteiger charge is -2.36. The Labute approximate surface area is 196 Å². The predicted molar refractivity (Wildman–Crippen MR) is 128 cm³/mol. The van der Waals surface area contributed by atoms with Gasteiger partial charge in [0.05, 0.1) is 29.9 Å². The first kappa shape index (κ1) is 24.9. The number of nitrogens with one attached hydrogen (secondary N) is 3. The lowest BCUT2D eigenvalue weighted by atomic mass is 9.85. The second-order valence-corrected chi connectivity index (χ2v) is 10.3. The minimum atomic E-state index is -0.707. The molecule has 8 heteroatoms. The third-order valence-corrected chi connectivity index (χ3v) is 6.02. The van der Waals surface area contributed by atoms with Gasteiger partial charge in [-0.1, -0.05) is 58.9 Å². The molecule has 33 heavy (non-hydrogen) atoms. The van der Waals surface area contributed by atoms with Crippen molar-refractivity contribution in [3.8, 4) is 11.3 Å². The molecule has 0 aliphatic carbocycles. The molecule has 0 unspecified atom stereocenters. The van der Waals surface area contributed by atoms with Crippen LogP contribution in [0.5, 0.6) is 0 Å². The van der Waals surface area contributed by atoms with Crippen LogP contribution in [-0.4, -0.2) is 62.6 Å². The predicted octanol–water partition coefficient (Wildman–Crippen LogP) is 2.38. The SMILES string of the molecule is Cc1nc[nH]c1-c1ccc(CNC(=O)[C@@H]2C[C@@H](O)CN2C(=O)[C@@H](NC(C)C)C(C)(C)C)cc1. The normalized spacial score (nSPS) is 19.7. The summed E-state index contributed by atoms with van der Waals surface area (Å²) in [5, 5.41) is 16.5. The summed E-state index contributed by atoms with van der Waals surface area (Å²) in [5.74, 6) is -0.391. The summed E-state index contributed by atoms with van der Waals surface area (Å²) in [7, 11) is 0. The highest BCUT2D eigenvalue weighted by molar-refractivity contribution is 5.91. The Balaban J connectivity index is 1.66. The molecule has 8 nitrogen and oxygen atoms in total. The molecule has 2 aromatic rings. The summed E-state index contributed by atoms with van der Waals surface area (Å²) in [4.78, 5) is 35.3. The molecule has 1 fully saturated rings. The van der Waals surface area contributed by atoms with Crippen LogP contribution in [0.4, 0.5) is 0 Å². The number of carbonyl (C=O) groups excluding carboxylic acids is 2. The van der Waals surface area contributed by atoms with E-state index in [1.165, 1.54) is 4.90 Å². The average Bonchev–Trinajstić information content (AvgIpc) is 3.35. The molecule has 1 aromatic heterocycles. The zero-order chi connectivity index (χ0) is 24.3. The zero-order valence-electron chi connectivity index (χ0n) is 20.5. The van der Waals surface area contributed by atoms with Gasteiger partial charge < -0.3 is 25.6 Å². The molecule has 0 spiro atoms. The highest BCUT2D eigenvalue weighted by Gasteiger charge is 2.43. The van der Waals surface area contributed by atoms with Crippen molar-refractivity contribution in [3.05, 3.63) is 41.9 Å². The maximum Gasteiger partial charge on any atom is 0.243 e. The van der Waals surface area contributed by atoms with E-state index in [1.807, 2.05) is 65.8 Å². The number of imidazole rings is 1. The lowest BCUT2D eigenvalue weighted by Crippen LogP contribution is -2.57. The molecule has 1 aliphatic rings.